The summed E-state index contributed by atoms with van der Waals surface area (Å²) in [6.07, 6.45) is 17.8. The SMILES string of the molecule is CCCCCCCCCCCCC(C)CCCO.Cc1ccc(S(=O)(=O)O)cc1. The minimum atomic E-state index is -4.02. The Morgan fingerprint density at radius 2 is 1.24 bits per heavy atom. The van der Waals surface area contributed by atoms with E-state index in [1.54, 1.807) is 12.1 Å². The molecule has 5 heteroatoms. The molecule has 1 unspecified atom stereocenters. The second-order valence-electron chi connectivity index (χ2n) is 8.23. The Bertz CT molecular complexity index is 581. The van der Waals surface area contributed by atoms with Gasteiger partial charge in [-0.2, -0.15) is 8.42 Å². The molecule has 170 valence electrons. The standard InChI is InChI=1S/C17H36O.C7H8O3S/c1-3-4-5-6-7-8-9-10-11-12-14-17(2)15-13-16-18;1-6-2-4-7(5-3-6)11(8,9)10/h17-18H,3-16H2,1-2H3;2-5H,1H3,(H,8,9,10). The van der Waals surface area contributed by atoms with Crippen LogP contribution < -0.4 is 0 Å². The van der Waals surface area contributed by atoms with Crippen molar-refractivity contribution in [3.8, 4) is 0 Å². The average molecular weight is 429 g/mol. The van der Waals surface area contributed by atoms with Gasteiger partial charge in [0.2, 0.25) is 0 Å². The summed E-state index contributed by atoms with van der Waals surface area (Å²) in [5.74, 6) is 0.811. The lowest BCUT2D eigenvalue weighted by atomic mass is 9.97. The van der Waals surface area contributed by atoms with E-state index in [2.05, 4.69) is 13.8 Å². The van der Waals surface area contributed by atoms with Gasteiger partial charge in [-0.15, -0.1) is 0 Å². The van der Waals surface area contributed by atoms with Crippen LogP contribution in [-0.2, 0) is 10.1 Å². The minimum Gasteiger partial charge on any atom is -0.396 e. The van der Waals surface area contributed by atoms with Crippen LogP contribution in [0, 0.1) is 12.8 Å². The zero-order valence-corrected chi connectivity index (χ0v) is 19.7. The third kappa shape index (κ3) is 17.6. The fourth-order valence-electron chi connectivity index (χ4n) is 3.27. The molecule has 0 radical (unpaired) electrons. The molecule has 4 nitrogen and oxygen atoms in total. The van der Waals surface area contributed by atoms with E-state index in [0.29, 0.717) is 6.61 Å². The number of unbranched alkanes of at least 4 members (excludes halogenated alkanes) is 9. The monoisotopic (exact) mass is 428 g/mol. The highest BCUT2D eigenvalue weighted by molar-refractivity contribution is 7.85. The van der Waals surface area contributed by atoms with E-state index < -0.39 is 10.1 Å². The van der Waals surface area contributed by atoms with Crippen molar-refractivity contribution < 1.29 is 18.1 Å². The van der Waals surface area contributed by atoms with Crippen LogP contribution in [-0.4, -0.2) is 24.7 Å². The largest absolute Gasteiger partial charge is 0.396 e. The molecule has 0 saturated carbocycles. The highest BCUT2D eigenvalue weighted by Gasteiger charge is 2.06. The number of aryl methyl sites for hydroxylation is 1. The lowest BCUT2D eigenvalue weighted by molar-refractivity contribution is 0.270. The summed E-state index contributed by atoms with van der Waals surface area (Å²) in [6, 6.07) is 5.99. The highest BCUT2D eigenvalue weighted by Crippen LogP contribution is 2.16. The van der Waals surface area contributed by atoms with Crippen molar-refractivity contribution >= 4 is 10.1 Å². The molecule has 0 spiro atoms. The maximum atomic E-state index is 10.5. The number of hydrogen-bond acceptors (Lipinski definition) is 3. The summed E-state index contributed by atoms with van der Waals surface area (Å²) in [4.78, 5) is -0.0666. The molecule has 1 atom stereocenters. The summed E-state index contributed by atoms with van der Waals surface area (Å²) >= 11 is 0. The number of rotatable bonds is 15. The molecule has 0 heterocycles. The summed E-state index contributed by atoms with van der Waals surface area (Å²) in [5, 5.41) is 8.76. The second kappa shape index (κ2) is 17.9. The van der Waals surface area contributed by atoms with Crippen LogP contribution in [0.1, 0.15) is 103 Å². The maximum Gasteiger partial charge on any atom is 0.294 e. The lowest BCUT2D eigenvalue weighted by Gasteiger charge is -2.09. The fraction of sp³-hybridized carbons (Fsp3) is 0.750. The lowest BCUT2D eigenvalue weighted by Crippen LogP contribution is -1.96. The van der Waals surface area contributed by atoms with Crippen molar-refractivity contribution in [2.24, 2.45) is 5.92 Å². The van der Waals surface area contributed by atoms with Crippen LogP contribution in [0.3, 0.4) is 0 Å². The van der Waals surface area contributed by atoms with E-state index in [0.717, 1.165) is 17.9 Å². The second-order valence-corrected chi connectivity index (χ2v) is 9.65. The van der Waals surface area contributed by atoms with Crippen LogP contribution in [0.5, 0.6) is 0 Å². The van der Waals surface area contributed by atoms with E-state index in [1.165, 1.54) is 89.2 Å². The molecule has 0 aliphatic carbocycles. The maximum absolute atomic E-state index is 10.5. The van der Waals surface area contributed by atoms with Gasteiger partial charge in [-0.3, -0.25) is 4.55 Å². The van der Waals surface area contributed by atoms with E-state index in [4.69, 9.17) is 9.66 Å². The third-order valence-electron chi connectivity index (χ3n) is 5.22. The molecular formula is C24H44O4S. The Labute approximate surface area is 179 Å². The molecule has 2 N–H and O–H groups in total. The van der Waals surface area contributed by atoms with Gasteiger partial charge in [0.25, 0.3) is 10.1 Å². The van der Waals surface area contributed by atoms with E-state index in [1.807, 2.05) is 6.92 Å². The van der Waals surface area contributed by atoms with Gasteiger partial charge in [-0.05, 0) is 37.8 Å². The van der Waals surface area contributed by atoms with Crippen molar-refractivity contribution in [3.05, 3.63) is 29.8 Å². The van der Waals surface area contributed by atoms with Crippen LogP contribution in [0.25, 0.3) is 0 Å². The predicted octanol–water partition coefficient (Wildman–Crippen LogP) is 6.95. The van der Waals surface area contributed by atoms with Gasteiger partial charge in [-0.1, -0.05) is 102 Å². The quantitative estimate of drug-likeness (QED) is 0.234. The van der Waals surface area contributed by atoms with Crippen LogP contribution in [0.2, 0.25) is 0 Å². The van der Waals surface area contributed by atoms with Crippen LogP contribution >= 0.6 is 0 Å². The average Bonchev–Trinajstić information content (AvgIpc) is 2.68. The summed E-state index contributed by atoms with van der Waals surface area (Å²) in [6.45, 7) is 6.81. The normalized spacial score (nSPS) is 12.3. The Balaban J connectivity index is 0.000000604. The number of aliphatic hydroxyl groups excluding tert-OH is 1. The smallest absolute Gasteiger partial charge is 0.294 e. The summed E-state index contributed by atoms with van der Waals surface area (Å²) in [7, 11) is -4.02. The Morgan fingerprint density at radius 3 is 1.69 bits per heavy atom. The molecule has 1 rings (SSSR count). The topological polar surface area (TPSA) is 74.6 Å². The first-order chi connectivity index (χ1) is 13.8. The number of hydrogen-bond donors (Lipinski definition) is 2. The molecule has 0 bridgehead atoms. The Hall–Kier alpha value is -0.910. The van der Waals surface area contributed by atoms with E-state index in [-0.39, 0.29) is 4.90 Å². The van der Waals surface area contributed by atoms with Crippen molar-refractivity contribution in [2.75, 3.05) is 6.61 Å². The van der Waals surface area contributed by atoms with E-state index in [9.17, 15) is 8.42 Å². The van der Waals surface area contributed by atoms with Crippen molar-refractivity contribution in [3.63, 3.8) is 0 Å². The molecular weight excluding hydrogens is 384 g/mol. The van der Waals surface area contributed by atoms with Crippen LogP contribution in [0.15, 0.2) is 29.2 Å². The van der Waals surface area contributed by atoms with Gasteiger partial charge < -0.3 is 5.11 Å². The van der Waals surface area contributed by atoms with Crippen LogP contribution in [0.4, 0.5) is 0 Å². The molecule has 0 amide bonds. The molecule has 1 aromatic rings. The minimum absolute atomic E-state index is 0.0666. The van der Waals surface area contributed by atoms with E-state index >= 15 is 0 Å². The molecule has 0 aliphatic rings. The molecule has 29 heavy (non-hydrogen) atoms. The predicted molar refractivity (Wildman–Crippen MR) is 123 cm³/mol. The zero-order valence-electron chi connectivity index (χ0n) is 18.9. The summed E-state index contributed by atoms with van der Waals surface area (Å²) in [5.41, 5.74) is 0.956. The number of benzene rings is 1. The summed E-state index contributed by atoms with van der Waals surface area (Å²) < 4.78 is 29.6. The van der Waals surface area contributed by atoms with Gasteiger partial charge in [-0.25, -0.2) is 0 Å². The van der Waals surface area contributed by atoms with Gasteiger partial charge in [0, 0.05) is 6.61 Å². The molecule has 0 saturated heterocycles. The fourth-order valence-corrected chi connectivity index (χ4v) is 3.75. The first kappa shape index (κ1) is 28.1. The van der Waals surface area contributed by atoms with Gasteiger partial charge in [0.1, 0.15) is 0 Å². The Kier molecular flexibility index (Phi) is 17.3. The molecule has 1 aromatic carbocycles. The van der Waals surface area contributed by atoms with Crippen molar-refractivity contribution in [1.29, 1.82) is 0 Å². The van der Waals surface area contributed by atoms with Gasteiger partial charge in [0.05, 0.1) is 4.90 Å². The first-order valence-electron chi connectivity index (χ1n) is 11.5. The third-order valence-corrected chi connectivity index (χ3v) is 6.09. The molecule has 0 aromatic heterocycles. The Morgan fingerprint density at radius 1 is 0.793 bits per heavy atom. The zero-order chi connectivity index (χ0) is 22.0. The molecule has 0 aliphatic heterocycles. The van der Waals surface area contributed by atoms with Gasteiger partial charge in [0.15, 0.2) is 0 Å². The van der Waals surface area contributed by atoms with Crippen molar-refractivity contribution in [2.45, 2.75) is 109 Å². The van der Waals surface area contributed by atoms with Gasteiger partial charge >= 0.3 is 0 Å². The molecule has 0 fully saturated rings. The first-order valence-corrected chi connectivity index (χ1v) is 12.9. The van der Waals surface area contributed by atoms with Crippen molar-refractivity contribution in [1.82, 2.24) is 0 Å². The number of aliphatic hydroxyl groups is 1. The highest BCUT2D eigenvalue weighted by atomic mass is 32.2.